The maximum absolute atomic E-state index is 6.04. The molecule has 0 aliphatic heterocycles. The molecular formula is C14H10ClN3. The van der Waals surface area contributed by atoms with Gasteiger partial charge in [-0.05, 0) is 17.7 Å². The lowest BCUT2D eigenvalue weighted by Crippen LogP contribution is -1.96. The molecule has 2 aromatic heterocycles. The van der Waals surface area contributed by atoms with Crippen molar-refractivity contribution in [2.75, 3.05) is 0 Å². The summed E-state index contributed by atoms with van der Waals surface area (Å²) >= 11 is 6.04. The van der Waals surface area contributed by atoms with Crippen LogP contribution in [-0.4, -0.2) is 15.0 Å². The van der Waals surface area contributed by atoms with Gasteiger partial charge in [0, 0.05) is 30.4 Å². The lowest BCUT2D eigenvalue weighted by molar-refractivity contribution is 1.04. The summed E-state index contributed by atoms with van der Waals surface area (Å²) in [6, 6.07) is 10.0. The van der Waals surface area contributed by atoms with E-state index in [4.69, 9.17) is 11.6 Å². The Bertz CT molecular complexity index is 692. The summed E-state index contributed by atoms with van der Waals surface area (Å²) in [5.41, 5.74) is 2.92. The molecule has 0 aliphatic carbocycles. The molecule has 3 aromatic rings. The van der Waals surface area contributed by atoms with Gasteiger partial charge in [-0.25, -0.2) is 4.98 Å². The molecule has 3 rings (SSSR count). The van der Waals surface area contributed by atoms with Crippen molar-refractivity contribution < 1.29 is 0 Å². The van der Waals surface area contributed by atoms with Gasteiger partial charge >= 0.3 is 0 Å². The number of pyridine rings is 1. The maximum atomic E-state index is 6.04. The van der Waals surface area contributed by atoms with Gasteiger partial charge < -0.3 is 0 Å². The molecule has 0 radical (unpaired) electrons. The highest BCUT2D eigenvalue weighted by Gasteiger charge is 2.07. The number of rotatable bonds is 2. The molecule has 0 spiro atoms. The molecule has 88 valence electrons. The molecule has 0 aliphatic rings. The second kappa shape index (κ2) is 4.70. The van der Waals surface area contributed by atoms with Gasteiger partial charge in [0.15, 0.2) is 5.15 Å². The monoisotopic (exact) mass is 255 g/mol. The summed E-state index contributed by atoms with van der Waals surface area (Å²) in [6.07, 6.45) is 5.72. The van der Waals surface area contributed by atoms with Gasteiger partial charge in [0.2, 0.25) is 0 Å². The SMILES string of the molecule is Clc1nccnc1Cc1ccnc2ccccc12. The van der Waals surface area contributed by atoms with E-state index in [0.717, 1.165) is 22.2 Å². The molecule has 0 saturated carbocycles. The van der Waals surface area contributed by atoms with Gasteiger partial charge in [-0.3, -0.25) is 9.97 Å². The van der Waals surface area contributed by atoms with Crippen molar-refractivity contribution in [1.29, 1.82) is 0 Å². The molecule has 0 atom stereocenters. The fourth-order valence-corrected chi connectivity index (χ4v) is 2.13. The molecular weight excluding hydrogens is 246 g/mol. The number of para-hydroxylation sites is 1. The summed E-state index contributed by atoms with van der Waals surface area (Å²) < 4.78 is 0. The van der Waals surface area contributed by atoms with Crippen LogP contribution in [0.15, 0.2) is 48.9 Å². The second-order valence-corrected chi connectivity index (χ2v) is 4.32. The number of benzene rings is 1. The summed E-state index contributed by atoms with van der Waals surface area (Å²) in [4.78, 5) is 12.6. The second-order valence-electron chi connectivity index (χ2n) is 3.96. The Hall–Kier alpha value is -2.00. The summed E-state index contributed by atoms with van der Waals surface area (Å²) in [5.74, 6) is 0. The molecule has 0 amide bonds. The largest absolute Gasteiger partial charge is 0.256 e. The van der Waals surface area contributed by atoms with E-state index >= 15 is 0 Å². The number of hydrogen-bond acceptors (Lipinski definition) is 3. The van der Waals surface area contributed by atoms with Crippen LogP contribution in [0.1, 0.15) is 11.3 Å². The van der Waals surface area contributed by atoms with Crippen LogP contribution in [0.2, 0.25) is 5.15 Å². The number of fused-ring (bicyclic) bond motifs is 1. The molecule has 18 heavy (non-hydrogen) atoms. The zero-order valence-electron chi connectivity index (χ0n) is 9.55. The third-order valence-electron chi connectivity index (χ3n) is 2.82. The van der Waals surface area contributed by atoms with E-state index in [1.165, 1.54) is 0 Å². The molecule has 3 nitrogen and oxygen atoms in total. The number of hydrogen-bond donors (Lipinski definition) is 0. The first kappa shape index (κ1) is 11.1. The third kappa shape index (κ3) is 2.05. The fourth-order valence-electron chi connectivity index (χ4n) is 1.96. The lowest BCUT2D eigenvalue weighted by Gasteiger charge is -2.06. The van der Waals surface area contributed by atoms with Crippen molar-refractivity contribution in [3.8, 4) is 0 Å². The highest BCUT2D eigenvalue weighted by molar-refractivity contribution is 6.30. The van der Waals surface area contributed by atoms with Gasteiger partial charge in [-0.1, -0.05) is 29.8 Å². The van der Waals surface area contributed by atoms with Crippen molar-refractivity contribution in [3.05, 3.63) is 65.3 Å². The van der Waals surface area contributed by atoms with Crippen LogP contribution in [0.5, 0.6) is 0 Å². The predicted molar refractivity (Wildman–Crippen MR) is 71.6 cm³/mol. The molecule has 2 heterocycles. The van der Waals surface area contributed by atoms with Crippen molar-refractivity contribution >= 4 is 22.5 Å². The van der Waals surface area contributed by atoms with Gasteiger partial charge in [0.25, 0.3) is 0 Å². The van der Waals surface area contributed by atoms with Crippen LogP contribution >= 0.6 is 11.6 Å². The van der Waals surface area contributed by atoms with E-state index < -0.39 is 0 Å². The standard InChI is InChI=1S/C14H10ClN3/c15-14-13(17-7-8-18-14)9-10-5-6-16-12-4-2-1-3-11(10)12/h1-8H,9H2. The predicted octanol–water partition coefficient (Wildman–Crippen LogP) is 3.27. The fraction of sp³-hybridized carbons (Fsp3) is 0.0714. The molecule has 0 unspecified atom stereocenters. The number of nitrogens with zero attached hydrogens (tertiary/aromatic N) is 3. The average molecular weight is 256 g/mol. The minimum absolute atomic E-state index is 0.457. The molecule has 0 N–H and O–H groups in total. The van der Waals surface area contributed by atoms with E-state index in [2.05, 4.69) is 21.0 Å². The van der Waals surface area contributed by atoms with Gasteiger partial charge in [-0.15, -0.1) is 0 Å². The molecule has 4 heteroatoms. The molecule has 1 aromatic carbocycles. The van der Waals surface area contributed by atoms with E-state index in [1.807, 2.05) is 30.5 Å². The van der Waals surface area contributed by atoms with Gasteiger partial charge in [0.05, 0.1) is 11.2 Å². The highest BCUT2D eigenvalue weighted by atomic mass is 35.5. The third-order valence-corrected chi connectivity index (χ3v) is 3.14. The van der Waals surface area contributed by atoms with Crippen LogP contribution in [-0.2, 0) is 6.42 Å². The van der Waals surface area contributed by atoms with Crippen LogP contribution < -0.4 is 0 Å². The van der Waals surface area contributed by atoms with Crippen molar-refractivity contribution in [3.63, 3.8) is 0 Å². The van der Waals surface area contributed by atoms with Crippen molar-refractivity contribution in [1.82, 2.24) is 15.0 Å². The smallest absolute Gasteiger partial charge is 0.150 e. The van der Waals surface area contributed by atoms with Crippen LogP contribution in [0.4, 0.5) is 0 Å². The Morgan fingerprint density at radius 1 is 0.889 bits per heavy atom. The number of halogens is 1. The topological polar surface area (TPSA) is 38.7 Å². The van der Waals surface area contributed by atoms with Crippen LogP contribution in [0.3, 0.4) is 0 Å². The Balaban J connectivity index is 2.08. The van der Waals surface area contributed by atoms with E-state index in [-0.39, 0.29) is 0 Å². The number of aromatic nitrogens is 3. The Morgan fingerprint density at radius 3 is 2.61 bits per heavy atom. The normalized spacial score (nSPS) is 10.7. The Morgan fingerprint density at radius 2 is 1.72 bits per heavy atom. The summed E-state index contributed by atoms with van der Waals surface area (Å²) in [5, 5.41) is 1.58. The Kier molecular flexibility index (Phi) is 2.90. The maximum Gasteiger partial charge on any atom is 0.150 e. The Labute approximate surface area is 109 Å². The highest BCUT2D eigenvalue weighted by Crippen LogP contribution is 2.20. The summed E-state index contributed by atoms with van der Waals surface area (Å²) in [6.45, 7) is 0. The minimum atomic E-state index is 0.457. The lowest BCUT2D eigenvalue weighted by atomic mass is 10.1. The quantitative estimate of drug-likeness (QED) is 0.705. The van der Waals surface area contributed by atoms with E-state index in [0.29, 0.717) is 11.6 Å². The van der Waals surface area contributed by atoms with Crippen molar-refractivity contribution in [2.45, 2.75) is 6.42 Å². The van der Waals surface area contributed by atoms with Crippen LogP contribution in [0, 0.1) is 0 Å². The van der Waals surface area contributed by atoms with Gasteiger partial charge in [-0.2, -0.15) is 0 Å². The molecule has 0 fully saturated rings. The van der Waals surface area contributed by atoms with E-state index in [9.17, 15) is 0 Å². The first-order valence-electron chi connectivity index (χ1n) is 5.62. The van der Waals surface area contributed by atoms with E-state index in [1.54, 1.807) is 12.4 Å². The zero-order chi connectivity index (χ0) is 12.4. The minimum Gasteiger partial charge on any atom is -0.256 e. The first-order valence-corrected chi connectivity index (χ1v) is 6.00. The first-order chi connectivity index (χ1) is 8.84. The molecule has 0 bridgehead atoms. The summed E-state index contributed by atoms with van der Waals surface area (Å²) in [7, 11) is 0. The van der Waals surface area contributed by atoms with Gasteiger partial charge in [0.1, 0.15) is 0 Å². The van der Waals surface area contributed by atoms with Crippen LogP contribution in [0.25, 0.3) is 10.9 Å². The average Bonchev–Trinajstić information content (AvgIpc) is 2.42. The molecule has 0 saturated heterocycles. The van der Waals surface area contributed by atoms with Crippen molar-refractivity contribution in [2.24, 2.45) is 0 Å². The zero-order valence-corrected chi connectivity index (χ0v) is 10.3.